The second-order valence-corrected chi connectivity index (χ2v) is 4.75. The van der Waals surface area contributed by atoms with Gasteiger partial charge in [0.15, 0.2) is 5.12 Å². The second-order valence-electron chi connectivity index (χ2n) is 3.55. The van der Waals surface area contributed by atoms with E-state index in [0.29, 0.717) is 0 Å². The van der Waals surface area contributed by atoms with E-state index >= 15 is 0 Å². The summed E-state index contributed by atoms with van der Waals surface area (Å²) in [5.41, 5.74) is 3.81. The number of hydrogen-bond donors (Lipinski definition) is 0. The molecule has 1 aromatic rings. The molecule has 0 radical (unpaired) electrons. The van der Waals surface area contributed by atoms with Crippen LogP contribution < -0.4 is 0 Å². The lowest BCUT2D eigenvalue weighted by Crippen LogP contribution is -1.83. The first-order chi connectivity index (χ1) is 7.09. The molecule has 15 heavy (non-hydrogen) atoms. The molecule has 0 amide bonds. The fourth-order valence-corrected chi connectivity index (χ4v) is 1.65. The summed E-state index contributed by atoms with van der Waals surface area (Å²) in [4.78, 5) is 10.7. The second kappa shape index (κ2) is 5.76. The molecule has 0 atom stereocenters. The first kappa shape index (κ1) is 12.1. The van der Waals surface area contributed by atoms with Crippen LogP contribution >= 0.6 is 11.8 Å². The zero-order valence-electron chi connectivity index (χ0n) is 9.41. The highest BCUT2D eigenvalue weighted by molar-refractivity contribution is 8.13. The number of thioether (sulfide) groups is 1. The van der Waals surface area contributed by atoms with Gasteiger partial charge < -0.3 is 0 Å². The van der Waals surface area contributed by atoms with E-state index in [1.807, 2.05) is 6.08 Å². The summed E-state index contributed by atoms with van der Waals surface area (Å²) in [5.74, 6) is 0.752. The quantitative estimate of drug-likeness (QED) is 0.774. The summed E-state index contributed by atoms with van der Waals surface area (Å²) in [5, 5.41) is 0.166. The molecule has 0 N–H and O–H groups in total. The van der Waals surface area contributed by atoms with Crippen LogP contribution in [0.25, 0.3) is 6.08 Å². The van der Waals surface area contributed by atoms with Gasteiger partial charge in [0.05, 0.1) is 0 Å². The van der Waals surface area contributed by atoms with Gasteiger partial charge in [0, 0.05) is 12.7 Å². The summed E-state index contributed by atoms with van der Waals surface area (Å²) in [6, 6.07) is 6.37. The lowest BCUT2D eigenvalue weighted by Gasteiger charge is -2.00. The molecular formula is C13H16OS. The fraction of sp³-hybridized carbons (Fsp3) is 0.308. The molecule has 0 bridgehead atoms. The summed E-state index contributed by atoms with van der Waals surface area (Å²) in [7, 11) is 0. The van der Waals surface area contributed by atoms with Crippen molar-refractivity contribution in [2.75, 3.05) is 5.75 Å². The molecule has 0 aliphatic carbocycles. The minimum Gasteiger partial charge on any atom is -0.288 e. The average molecular weight is 220 g/mol. The third-order valence-electron chi connectivity index (χ3n) is 2.22. The standard InChI is InChI=1S/C13H16OS/c1-10-6-7-13(9-11(10)2)5-4-8-15-12(3)14/h4-7,9H,8H2,1-3H3. The van der Waals surface area contributed by atoms with Gasteiger partial charge in [0.2, 0.25) is 0 Å². The molecule has 1 nitrogen and oxygen atoms in total. The van der Waals surface area contributed by atoms with Gasteiger partial charge in [-0.2, -0.15) is 0 Å². The van der Waals surface area contributed by atoms with Crippen molar-refractivity contribution in [2.45, 2.75) is 20.8 Å². The van der Waals surface area contributed by atoms with E-state index in [0.717, 1.165) is 5.75 Å². The van der Waals surface area contributed by atoms with Gasteiger partial charge in [-0.15, -0.1) is 0 Å². The van der Waals surface area contributed by atoms with Gasteiger partial charge >= 0.3 is 0 Å². The van der Waals surface area contributed by atoms with E-state index in [9.17, 15) is 4.79 Å². The molecule has 0 spiro atoms. The van der Waals surface area contributed by atoms with Crippen molar-refractivity contribution in [2.24, 2.45) is 0 Å². The summed E-state index contributed by atoms with van der Waals surface area (Å²) in [6.07, 6.45) is 4.08. The largest absolute Gasteiger partial charge is 0.288 e. The summed E-state index contributed by atoms with van der Waals surface area (Å²) >= 11 is 1.33. The highest BCUT2D eigenvalue weighted by Gasteiger charge is 1.93. The van der Waals surface area contributed by atoms with Gasteiger partial charge in [-0.1, -0.05) is 42.1 Å². The molecular weight excluding hydrogens is 204 g/mol. The molecule has 1 aromatic carbocycles. The maximum absolute atomic E-state index is 10.7. The van der Waals surface area contributed by atoms with Gasteiger partial charge in [0.25, 0.3) is 0 Å². The smallest absolute Gasteiger partial charge is 0.186 e. The van der Waals surface area contributed by atoms with Crippen molar-refractivity contribution in [3.63, 3.8) is 0 Å². The zero-order valence-corrected chi connectivity index (χ0v) is 10.2. The molecule has 0 unspecified atom stereocenters. The predicted octanol–water partition coefficient (Wildman–Crippen LogP) is 3.60. The molecule has 0 fully saturated rings. The SMILES string of the molecule is CC(=O)SCC=Cc1ccc(C)c(C)c1. The Kier molecular flexibility index (Phi) is 4.63. The van der Waals surface area contributed by atoms with Crippen LogP contribution in [-0.4, -0.2) is 10.9 Å². The van der Waals surface area contributed by atoms with Gasteiger partial charge in [-0.3, -0.25) is 4.79 Å². The predicted molar refractivity (Wildman–Crippen MR) is 68.1 cm³/mol. The van der Waals surface area contributed by atoms with E-state index in [4.69, 9.17) is 0 Å². The Morgan fingerprint density at radius 2 is 2.07 bits per heavy atom. The average Bonchev–Trinajstić information content (AvgIpc) is 2.18. The van der Waals surface area contributed by atoms with Crippen LogP contribution in [0.5, 0.6) is 0 Å². The van der Waals surface area contributed by atoms with E-state index in [1.165, 1.54) is 28.5 Å². The van der Waals surface area contributed by atoms with Gasteiger partial charge in [-0.05, 0) is 30.5 Å². The van der Waals surface area contributed by atoms with E-state index in [2.05, 4.69) is 38.1 Å². The minimum atomic E-state index is 0.166. The zero-order chi connectivity index (χ0) is 11.3. The van der Waals surface area contributed by atoms with Crippen molar-refractivity contribution < 1.29 is 4.79 Å². The molecule has 80 valence electrons. The number of carbonyl (C=O) groups excluding carboxylic acids is 1. The van der Waals surface area contributed by atoms with Crippen LogP contribution in [0, 0.1) is 13.8 Å². The first-order valence-electron chi connectivity index (χ1n) is 4.97. The molecule has 0 aliphatic heterocycles. The van der Waals surface area contributed by atoms with Crippen LogP contribution in [0.1, 0.15) is 23.6 Å². The lowest BCUT2D eigenvalue weighted by atomic mass is 10.1. The first-order valence-corrected chi connectivity index (χ1v) is 5.95. The van der Waals surface area contributed by atoms with Crippen molar-refractivity contribution in [1.29, 1.82) is 0 Å². The number of benzene rings is 1. The normalized spacial score (nSPS) is 10.9. The molecule has 0 aliphatic rings. The minimum absolute atomic E-state index is 0.166. The highest BCUT2D eigenvalue weighted by Crippen LogP contribution is 2.11. The van der Waals surface area contributed by atoms with Crippen molar-refractivity contribution in [3.8, 4) is 0 Å². The van der Waals surface area contributed by atoms with Crippen molar-refractivity contribution >= 4 is 23.0 Å². The summed E-state index contributed by atoms with van der Waals surface area (Å²) in [6.45, 7) is 5.81. The van der Waals surface area contributed by atoms with E-state index in [1.54, 1.807) is 6.92 Å². The third-order valence-corrected chi connectivity index (χ3v) is 2.99. The van der Waals surface area contributed by atoms with Crippen LogP contribution in [0.3, 0.4) is 0 Å². The van der Waals surface area contributed by atoms with Gasteiger partial charge in [-0.25, -0.2) is 0 Å². The van der Waals surface area contributed by atoms with Gasteiger partial charge in [0.1, 0.15) is 0 Å². The molecule has 0 saturated heterocycles. The summed E-state index contributed by atoms with van der Waals surface area (Å²) < 4.78 is 0. The lowest BCUT2D eigenvalue weighted by molar-refractivity contribution is -0.109. The van der Waals surface area contributed by atoms with Crippen molar-refractivity contribution in [1.82, 2.24) is 0 Å². The number of rotatable bonds is 3. The number of carbonyl (C=O) groups is 1. The Balaban J connectivity index is 2.57. The maximum atomic E-state index is 10.7. The number of hydrogen-bond acceptors (Lipinski definition) is 2. The van der Waals surface area contributed by atoms with E-state index < -0.39 is 0 Å². The Bertz CT molecular complexity index is 380. The Labute approximate surface area is 95.6 Å². The molecule has 0 saturated carbocycles. The topological polar surface area (TPSA) is 17.1 Å². The van der Waals surface area contributed by atoms with Crippen LogP contribution in [-0.2, 0) is 4.79 Å². The van der Waals surface area contributed by atoms with Crippen molar-refractivity contribution in [3.05, 3.63) is 41.0 Å². The third kappa shape index (κ3) is 4.34. The van der Waals surface area contributed by atoms with Crippen LogP contribution in [0.15, 0.2) is 24.3 Å². The Hall–Kier alpha value is -1.02. The molecule has 0 heterocycles. The highest BCUT2D eigenvalue weighted by atomic mass is 32.2. The van der Waals surface area contributed by atoms with E-state index in [-0.39, 0.29) is 5.12 Å². The monoisotopic (exact) mass is 220 g/mol. The molecule has 2 heteroatoms. The molecule has 0 aromatic heterocycles. The Morgan fingerprint density at radius 1 is 1.33 bits per heavy atom. The number of aryl methyl sites for hydroxylation is 2. The van der Waals surface area contributed by atoms with Crippen LogP contribution in [0.4, 0.5) is 0 Å². The maximum Gasteiger partial charge on any atom is 0.186 e. The Morgan fingerprint density at radius 3 is 2.67 bits per heavy atom. The van der Waals surface area contributed by atoms with Crippen LogP contribution in [0.2, 0.25) is 0 Å². The molecule has 1 rings (SSSR count). The fourth-order valence-electron chi connectivity index (χ4n) is 1.22.